The molecular formula is C12H16N4O2S2. The van der Waals surface area contributed by atoms with Crippen molar-refractivity contribution in [1.29, 1.82) is 0 Å². The predicted molar refractivity (Wildman–Crippen MR) is 76.5 cm³/mol. The first-order chi connectivity index (χ1) is 9.63. The van der Waals surface area contributed by atoms with Crippen LogP contribution in [0, 0.1) is 0 Å². The van der Waals surface area contributed by atoms with Crippen LogP contribution in [0.5, 0.6) is 0 Å². The molecule has 1 aliphatic rings. The Bertz CT molecular complexity index is 674. The van der Waals surface area contributed by atoms with Gasteiger partial charge in [0, 0.05) is 29.6 Å². The number of rotatable bonds is 6. The third kappa shape index (κ3) is 2.51. The molecule has 2 heterocycles. The van der Waals surface area contributed by atoms with Crippen LogP contribution in [-0.2, 0) is 23.1 Å². The number of H-pyrrole nitrogens is 1. The van der Waals surface area contributed by atoms with Crippen LogP contribution in [0.3, 0.4) is 0 Å². The zero-order chi connectivity index (χ0) is 14.2. The summed E-state index contributed by atoms with van der Waals surface area (Å²) in [6.45, 7) is 0.566. The first-order valence-corrected chi connectivity index (χ1v) is 8.71. The molecular weight excluding hydrogens is 296 g/mol. The molecule has 0 amide bonds. The summed E-state index contributed by atoms with van der Waals surface area (Å²) in [4.78, 5) is 1.04. The van der Waals surface area contributed by atoms with Crippen molar-refractivity contribution in [2.24, 2.45) is 5.73 Å². The second-order valence-corrected chi connectivity index (χ2v) is 7.65. The molecule has 1 aliphatic carbocycles. The van der Waals surface area contributed by atoms with Crippen molar-refractivity contribution >= 4 is 21.4 Å². The van der Waals surface area contributed by atoms with Crippen LogP contribution in [0.4, 0.5) is 0 Å². The van der Waals surface area contributed by atoms with Gasteiger partial charge in [0.2, 0.25) is 0 Å². The molecule has 8 heteroatoms. The Hall–Kier alpha value is -1.22. The number of sulfonamides is 1. The highest BCUT2D eigenvalue weighted by Gasteiger charge is 2.39. The topological polar surface area (TPSA) is 92.1 Å². The Kier molecular flexibility index (Phi) is 3.63. The van der Waals surface area contributed by atoms with E-state index in [1.807, 2.05) is 17.5 Å². The number of nitrogens with two attached hydrogens (primary N) is 1. The number of hydrogen-bond donors (Lipinski definition) is 2. The molecule has 0 unspecified atom stereocenters. The lowest BCUT2D eigenvalue weighted by atomic mass is 10.4. The highest BCUT2D eigenvalue weighted by molar-refractivity contribution is 7.89. The molecule has 0 aromatic carbocycles. The lowest BCUT2D eigenvalue weighted by Gasteiger charge is -2.20. The highest BCUT2D eigenvalue weighted by Crippen LogP contribution is 2.34. The van der Waals surface area contributed by atoms with Gasteiger partial charge in [0.05, 0.1) is 6.20 Å². The van der Waals surface area contributed by atoms with E-state index in [2.05, 4.69) is 10.2 Å². The van der Waals surface area contributed by atoms with Gasteiger partial charge in [-0.05, 0) is 24.3 Å². The van der Waals surface area contributed by atoms with Gasteiger partial charge in [0.25, 0.3) is 10.0 Å². The lowest BCUT2D eigenvalue weighted by molar-refractivity contribution is 0.399. The van der Waals surface area contributed by atoms with Gasteiger partial charge >= 0.3 is 0 Å². The monoisotopic (exact) mass is 312 g/mol. The Morgan fingerprint density at radius 2 is 2.30 bits per heavy atom. The van der Waals surface area contributed by atoms with Crippen LogP contribution in [0.1, 0.15) is 23.3 Å². The average molecular weight is 312 g/mol. The van der Waals surface area contributed by atoms with Crippen LogP contribution in [0.2, 0.25) is 0 Å². The third-order valence-electron chi connectivity index (χ3n) is 3.31. The van der Waals surface area contributed by atoms with Crippen molar-refractivity contribution in [3.63, 3.8) is 0 Å². The van der Waals surface area contributed by atoms with Crippen molar-refractivity contribution in [1.82, 2.24) is 14.5 Å². The van der Waals surface area contributed by atoms with Crippen LogP contribution < -0.4 is 5.73 Å². The fourth-order valence-corrected chi connectivity index (χ4v) is 4.68. The fraction of sp³-hybridized carbons (Fsp3) is 0.417. The Morgan fingerprint density at radius 1 is 1.50 bits per heavy atom. The average Bonchev–Trinajstić information content (AvgIpc) is 2.95. The molecule has 6 nitrogen and oxygen atoms in total. The Balaban J connectivity index is 1.94. The molecule has 3 rings (SSSR count). The summed E-state index contributed by atoms with van der Waals surface area (Å²) in [5.41, 5.74) is 6.11. The van der Waals surface area contributed by atoms with Crippen molar-refractivity contribution in [2.45, 2.75) is 37.0 Å². The summed E-state index contributed by atoms with van der Waals surface area (Å²) in [6, 6.07) is 3.97. The van der Waals surface area contributed by atoms with Gasteiger partial charge in [-0.15, -0.1) is 11.3 Å². The fourth-order valence-electron chi connectivity index (χ4n) is 2.11. The van der Waals surface area contributed by atoms with E-state index in [0.717, 1.165) is 17.7 Å². The number of aromatic amines is 1. The van der Waals surface area contributed by atoms with E-state index in [1.54, 1.807) is 15.6 Å². The number of thiophene rings is 1. The highest BCUT2D eigenvalue weighted by atomic mass is 32.2. The van der Waals surface area contributed by atoms with Crippen molar-refractivity contribution in [3.05, 3.63) is 34.2 Å². The minimum atomic E-state index is -3.57. The van der Waals surface area contributed by atoms with Crippen LogP contribution in [-0.4, -0.2) is 29.0 Å². The molecule has 0 bridgehead atoms. The molecule has 108 valence electrons. The van der Waals surface area contributed by atoms with Gasteiger partial charge in [-0.2, -0.15) is 9.40 Å². The molecule has 0 atom stereocenters. The second kappa shape index (κ2) is 5.28. The summed E-state index contributed by atoms with van der Waals surface area (Å²) < 4.78 is 27.1. The largest absolute Gasteiger partial charge is 0.326 e. The summed E-state index contributed by atoms with van der Waals surface area (Å²) in [5, 5.41) is 8.47. The summed E-state index contributed by atoms with van der Waals surface area (Å²) >= 11 is 1.56. The normalized spacial score (nSPS) is 15.9. The van der Waals surface area contributed by atoms with E-state index in [-0.39, 0.29) is 17.6 Å². The SMILES string of the molecule is NCc1cn[nH]c1S(=O)(=O)N(Cc1cccs1)C1CC1. The van der Waals surface area contributed by atoms with Gasteiger partial charge in [0.1, 0.15) is 0 Å². The van der Waals surface area contributed by atoms with Crippen LogP contribution in [0.15, 0.2) is 28.7 Å². The summed E-state index contributed by atoms with van der Waals surface area (Å²) in [7, 11) is -3.57. The van der Waals surface area contributed by atoms with Gasteiger partial charge < -0.3 is 5.73 Å². The number of nitrogens with zero attached hydrogens (tertiary/aromatic N) is 2. The first kappa shape index (κ1) is 13.7. The zero-order valence-corrected chi connectivity index (χ0v) is 12.5. The van der Waals surface area contributed by atoms with Crippen LogP contribution in [0.25, 0.3) is 0 Å². The van der Waals surface area contributed by atoms with E-state index >= 15 is 0 Å². The van der Waals surface area contributed by atoms with E-state index in [1.165, 1.54) is 6.20 Å². The van der Waals surface area contributed by atoms with Gasteiger partial charge in [-0.1, -0.05) is 6.07 Å². The molecule has 1 saturated carbocycles. The third-order valence-corrected chi connectivity index (χ3v) is 6.09. The molecule has 0 aliphatic heterocycles. The van der Waals surface area contributed by atoms with E-state index in [4.69, 9.17) is 5.73 Å². The second-order valence-electron chi connectivity index (χ2n) is 4.79. The van der Waals surface area contributed by atoms with Gasteiger partial charge in [0.15, 0.2) is 5.03 Å². The Morgan fingerprint density at radius 3 is 2.90 bits per heavy atom. The van der Waals surface area contributed by atoms with E-state index < -0.39 is 10.0 Å². The molecule has 20 heavy (non-hydrogen) atoms. The van der Waals surface area contributed by atoms with E-state index in [9.17, 15) is 8.42 Å². The maximum Gasteiger partial charge on any atom is 0.260 e. The molecule has 0 radical (unpaired) electrons. The smallest absolute Gasteiger partial charge is 0.260 e. The van der Waals surface area contributed by atoms with Crippen LogP contribution >= 0.6 is 11.3 Å². The molecule has 0 spiro atoms. The molecule has 0 saturated heterocycles. The minimum Gasteiger partial charge on any atom is -0.326 e. The quantitative estimate of drug-likeness (QED) is 0.840. The molecule has 2 aromatic heterocycles. The summed E-state index contributed by atoms with van der Waals surface area (Å²) in [5.74, 6) is 0. The molecule has 1 fully saturated rings. The molecule has 3 N–H and O–H groups in total. The zero-order valence-electron chi connectivity index (χ0n) is 10.8. The number of aromatic nitrogens is 2. The predicted octanol–water partition coefficient (Wildman–Crippen LogP) is 1.28. The maximum absolute atomic E-state index is 12.8. The van der Waals surface area contributed by atoms with Gasteiger partial charge in [-0.3, -0.25) is 5.10 Å². The Labute approximate surface area is 121 Å². The van der Waals surface area contributed by atoms with Crippen molar-refractivity contribution < 1.29 is 8.42 Å². The van der Waals surface area contributed by atoms with Crippen molar-refractivity contribution in [3.8, 4) is 0 Å². The first-order valence-electron chi connectivity index (χ1n) is 6.39. The van der Waals surface area contributed by atoms with Crippen molar-refractivity contribution in [2.75, 3.05) is 0 Å². The van der Waals surface area contributed by atoms with E-state index in [0.29, 0.717) is 12.1 Å². The molecule has 2 aromatic rings. The standard InChI is InChI=1S/C12H16N4O2S2/c13-6-9-7-14-15-12(9)20(17,18)16(10-3-4-10)8-11-2-1-5-19-11/h1-2,5,7,10H,3-4,6,8,13H2,(H,14,15). The number of nitrogens with one attached hydrogen (secondary N) is 1. The van der Waals surface area contributed by atoms with Gasteiger partial charge in [-0.25, -0.2) is 8.42 Å². The maximum atomic E-state index is 12.8. The minimum absolute atomic E-state index is 0.0935. The lowest BCUT2D eigenvalue weighted by Crippen LogP contribution is -2.33. The number of hydrogen-bond acceptors (Lipinski definition) is 5. The summed E-state index contributed by atoms with van der Waals surface area (Å²) in [6.07, 6.45) is 3.30.